The summed E-state index contributed by atoms with van der Waals surface area (Å²) in [4.78, 5) is 13.0. The monoisotopic (exact) mass is 354 g/mol. The molecule has 1 aliphatic heterocycles. The summed E-state index contributed by atoms with van der Waals surface area (Å²) in [6.07, 6.45) is 0. The molecule has 132 valence electrons. The highest BCUT2D eigenvalue weighted by Crippen LogP contribution is 2.49. The number of esters is 1. The molecule has 0 aromatic heterocycles. The van der Waals surface area contributed by atoms with Gasteiger partial charge in [-0.3, -0.25) is 0 Å². The van der Waals surface area contributed by atoms with Gasteiger partial charge in [-0.1, -0.05) is 91.0 Å². The van der Waals surface area contributed by atoms with Gasteiger partial charge in [0, 0.05) is 5.56 Å². The number of carbonyl (C=O) groups excluding carboxylic acids is 1. The van der Waals surface area contributed by atoms with E-state index < -0.39 is 11.5 Å². The minimum absolute atomic E-state index is 0.425. The molecule has 0 bridgehead atoms. The van der Waals surface area contributed by atoms with Gasteiger partial charge in [-0.2, -0.15) is 10.2 Å². The van der Waals surface area contributed by atoms with Crippen LogP contribution >= 0.6 is 0 Å². The Bertz CT molecular complexity index is 971. The molecule has 0 atom stereocenters. The lowest BCUT2D eigenvalue weighted by Crippen LogP contribution is -2.31. The second-order valence-corrected chi connectivity index (χ2v) is 6.22. The number of hydrogen-bond acceptors (Lipinski definition) is 4. The van der Waals surface area contributed by atoms with Crippen LogP contribution in [0.4, 0.5) is 0 Å². The first-order chi connectivity index (χ1) is 13.3. The predicted octanol–water partition coefficient (Wildman–Crippen LogP) is 4.98. The fraction of sp³-hybridized carbons (Fsp3) is 0.0870. The largest absolute Gasteiger partial charge is 0.466 e. The van der Waals surface area contributed by atoms with Gasteiger partial charge in [-0.25, -0.2) is 4.79 Å². The van der Waals surface area contributed by atoms with Gasteiger partial charge in [0.2, 0.25) is 0 Å². The highest BCUT2D eigenvalue weighted by Gasteiger charge is 2.48. The highest BCUT2D eigenvalue weighted by molar-refractivity contribution is 6.02. The van der Waals surface area contributed by atoms with Gasteiger partial charge in [0.25, 0.3) is 0 Å². The first kappa shape index (κ1) is 16.9. The summed E-state index contributed by atoms with van der Waals surface area (Å²) in [5.41, 5.74) is 2.48. The van der Waals surface area contributed by atoms with Crippen molar-refractivity contribution < 1.29 is 9.53 Å². The smallest absolute Gasteiger partial charge is 0.339 e. The molecule has 0 N–H and O–H groups in total. The van der Waals surface area contributed by atoms with Gasteiger partial charge in [-0.15, -0.1) is 0 Å². The maximum atomic E-state index is 13.0. The Kier molecular flexibility index (Phi) is 4.38. The first-order valence-electron chi connectivity index (χ1n) is 8.70. The van der Waals surface area contributed by atoms with E-state index in [4.69, 9.17) is 4.74 Å². The molecule has 0 spiro atoms. The first-order valence-corrected chi connectivity index (χ1v) is 8.70. The second-order valence-electron chi connectivity index (χ2n) is 6.22. The molecular formula is C23H18N2O2. The second kappa shape index (κ2) is 7.00. The van der Waals surface area contributed by atoms with Gasteiger partial charge in [0.1, 0.15) is 11.3 Å². The van der Waals surface area contributed by atoms with E-state index >= 15 is 0 Å². The van der Waals surface area contributed by atoms with Crippen molar-refractivity contribution in [1.82, 2.24) is 0 Å². The van der Waals surface area contributed by atoms with Gasteiger partial charge >= 0.3 is 5.97 Å². The summed E-state index contributed by atoms with van der Waals surface area (Å²) in [6.45, 7) is 0. The molecule has 4 heteroatoms. The molecular weight excluding hydrogens is 336 g/mol. The fourth-order valence-electron chi connectivity index (χ4n) is 3.47. The van der Waals surface area contributed by atoms with Crippen molar-refractivity contribution in [3.05, 3.63) is 113 Å². The maximum Gasteiger partial charge on any atom is 0.339 e. The molecule has 1 aliphatic rings. The van der Waals surface area contributed by atoms with Crippen molar-refractivity contribution in [3.63, 3.8) is 0 Å². The number of benzene rings is 3. The average molecular weight is 354 g/mol. The number of rotatable bonds is 4. The van der Waals surface area contributed by atoms with Crippen molar-refractivity contribution in [3.8, 4) is 0 Å². The van der Waals surface area contributed by atoms with Crippen LogP contribution in [0.5, 0.6) is 0 Å². The van der Waals surface area contributed by atoms with Crippen LogP contribution in [0.25, 0.3) is 5.70 Å². The van der Waals surface area contributed by atoms with Crippen molar-refractivity contribution in [2.24, 2.45) is 10.2 Å². The molecule has 0 amide bonds. The molecule has 3 aromatic rings. The van der Waals surface area contributed by atoms with Crippen LogP contribution in [0, 0.1) is 0 Å². The van der Waals surface area contributed by atoms with E-state index in [-0.39, 0.29) is 0 Å². The highest BCUT2D eigenvalue weighted by atomic mass is 16.5. The van der Waals surface area contributed by atoms with E-state index in [0.29, 0.717) is 11.3 Å². The molecule has 0 radical (unpaired) electrons. The molecule has 0 fully saturated rings. The molecule has 3 aromatic carbocycles. The van der Waals surface area contributed by atoms with Crippen LogP contribution in [0.3, 0.4) is 0 Å². The van der Waals surface area contributed by atoms with E-state index in [1.165, 1.54) is 7.11 Å². The van der Waals surface area contributed by atoms with Crippen molar-refractivity contribution in [2.75, 3.05) is 7.11 Å². The fourth-order valence-corrected chi connectivity index (χ4v) is 3.47. The lowest BCUT2D eigenvalue weighted by Gasteiger charge is -2.28. The lowest BCUT2D eigenvalue weighted by atomic mass is 9.76. The van der Waals surface area contributed by atoms with Crippen LogP contribution in [0.1, 0.15) is 16.7 Å². The Morgan fingerprint density at radius 2 is 1.26 bits per heavy atom. The van der Waals surface area contributed by atoms with Crippen LogP contribution in [-0.2, 0) is 15.1 Å². The molecule has 0 saturated carbocycles. The Balaban J connectivity index is 2.06. The summed E-state index contributed by atoms with van der Waals surface area (Å²) in [7, 11) is 1.39. The van der Waals surface area contributed by atoms with Crippen molar-refractivity contribution in [1.29, 1.82) is 0 Å². The molecule has 0 saturated heterocycles. The van der Waals surface area contributed by atoms with Crippen LogP contribution in [0.15, 0.2) is 107 Å². The van der Waals surface area contributed by atoms with E-state index in [0.717, 1.165) is 16.7 Å². The van der Waals surface area contributed by atoms with Gasteiger partial charge in [0.05, 0.1) is 7.11 Å². The zero-order valence-electron chi connectivity index (χ0n) is 14.9. The molecule has 27 heavy (non-hydrogen) atoms. The zero-order valence-corrected chi connectivity index (χ0v) is 14.9. The van der Waals surface area contributed by atoms with Gasteiger partial charge < -0.3 is 4.74 Å². The number of carbonyl (C=O) groups is 1. The van der Waals surface area contributed by atoms with Gasteiger partial charge in [-0.05, 0) is 11.1 Å². The maximum absolute atomic E-state index is 13.0. The third kappa shape index (κ3) is 2.75. The van der Waals surface area contributed by atoms with Crippen molar-refractivity contribution in [2.45, 2.75) is 5.54 Å². The summed E-state index contributed by atoms with van der Waals surface area (Å²) in [5.74, 6) is -0.438. The van der Waals surface area contributed by atoms with Gasteiger partial charge in [0.15, 0.2) is 5.54 Å². The third-order valence-electron chi connectivity index (χ3n) is 4.72. The number of methoxy groups -OCH3 is 1. The van der Waals surface area contributed by atoms with E-state index in [9.17, 15) is 4.79 Å². The third-order valence-corrected chi connectivity index (χ3v) is 4.72. The van der Waals surface area contributed by atoms with Crippen molar-refractivity contribution >= 4 is 11.7 Å². The average Bonchev–Trinajstić information content (AvgIpc) is 3.16. The summed E-state index contributed by atoms with van der Waals surface area (Å²) in [6, 6.07) is 29.1. The number of ether oxygens (including phenoxy) is 1. The summed E-state index contributed by atoms with van der Waals surface area (Å²) >= 11 is 0. The van der Waals surface area contributed by atoms with Crippen LogP contribution in [-0.4, -0.2) is 13.1 Å². The van der Waals surface area contributed by atoms with Crippen LogP contribution < -0.4 is 0 Å². The molecule has 1 heterocycles. The molecule has 4 rings (SSSR count). The normalized spacial score (nSPS) is 15.0. The minimum Gasteiger partial charge on any atom is -0.466 e. The minimum atomic E-state index is -1.04. The standard InChI is InChI=1S/C23H18N2O2/c1-27-22(26)20-21(17-11-5-2-6-12-17)24-25-23(20,18-13-7-3-8-14-18)19-15-9-4-10-16-19/h2-16H,1H3. The topological polar surface area (TPSA) is 51.0 Å². The molecule has 0 unspecified atom stereocenters. The quantitative estimate of drug-likeness (QED) is 0.621. The zero-order chi connectivity index (χ0) is 18.7. The Labute approximate surface area is 157 Å². The lowest BCUT2D eigenvalue weighted by molar-refractivity contribution is -0.136. The van der Waals surface area contributed by atoms with E-state index in [1.54, 1.807) is 0 Å². The Morgan fingerprint density at radius 1 is 0.778 bits per heavy atom. The number of hydrogen-bond donors (Lipinski definition) is 0. The van der Waals surface area contributed by atoms with E-state index in [1.807, 2.05) is 91.0 Å². The molecule has 0 aliphatic carbocycles. The molecule has 4 nitrogen and oxygen atoms in total. The Morgan fingerprint density at radius 3 is 1.74 bits per heavy atom. The number of azo groups is 1. The SMILES string of the molecule is COC(=O)C1=C(c2ccccc2)N=NC1(c1ccccc1)c1ccccc1. The summed E-state index contributed by atoms with van der Waals surface area (Å²) in [5, 5.41) is 9.13. The summed E-state index contributed by atoms with van der Waals surface area (Å²) < 4.78 is 5.17. The van der Waals surface area contributed by atoms with E-state index in [2.05, 4.69) is 10.2 Å². The predicted molar refractivity (Wildman–Crippen MR) is 104 cm³/mol. The van der Waals surface area contributed by atoms with Crippen LogP contribution in [0.2, 0.25) is 0 Å². The Hall–Kier alpha value is -3.53. The number of nitrogens with zero attached hydrogens (tertiary/aromatic N) is 2.